The number of fused-ring (bicyclic) bond motifs is 1. The van der Waals surface area contributed by atoms with Crippen molar-refractivity contribution >= 4 is 34.3 Å². The largest absolute Gasteiger partial charge is 0.465 e. The monoisotopic (exact) mass is 457 g/mol. The minimum absolute atomic E-state index is 0.0128. The molecule has 1 N–H and O–H groups in total. The van der Waals surface area contributed by atoms with E-state index < -0.39 is 23.6 Å². The number of rotatable bonds is 4. The number of hydrogen-bond acceptors (Lipinski definition) is 5. The van der Waals surface area contributed by atoms with E-state index in [0.717, 1.165) is 0 Å². The maximum atomic E-state index is 13.9. The van der Waals surface area contributed by atoms with Gasteiger partial charge in [-0.15, -0.1) is 0 Å². The molecule has 0 bridgehead atoms. The Hall–Kier alpha value is -3.62. The number of anilines is 2. The number of pyridine rings is 1. The summed E-state index contributed by atoms with van der Waals surface area (Å²) in [7, 11) is 1.26. The molecule has 0 saturated carbocycles. The third-order valence-corrected chi connectivity index (χ3v) is 5.56. The zero-order valence-corrected chi connectivity index (χ0v) is 17.9. The average molecular weight is 457 g/mol. The van der Waals surface area contributed by atoms with Crippen molar-refractivity contribution in [2.75, 3.05) is 30.4 Å². The number of carbonyl (C=O) groups excluding carboxylic acids is 2. The first-order valence-electron chi connectivity index (χ1n) is 10.5. The van der Waals surface area contributed by atoms with E-state index >= 15 is 0 Å². The number of nitrogens with zero attached hydrogens (tertiary/aromatic N) is 2. The number of halogens is 3. The van der Waals surface area contributed by atoms with E-state index in [2.05, 4.69) is 10.3 Å². The van der Waals surface area contributed by atoms with Crippen LogP contribution in [-0.4, -0.2) is 43.0 Å². The second kappa shape index (κ2) is 9.09. The van der Waals surface area contributed by atoms with E-state index in [0.29, 0.717) is 23.1 Å². The molecule has 2 heterocycles. The van der Waals surface area contributed by atoms with Crippen LogP contribution in [0.2, 0.25) is 0 Å². The molecule has 0 unspecified atom stereocenters. The molecule has 0 atom stereocenters. The quantitative estimate of drug-likeness (QED) is 0.556. The van der Waals surface area contributed by atoms with Crippen LogP contribution in [0.15, 0.2) is 48.5 Å². The van der Waals surface area contributed by atoms with Crippen LogP contribution in [0.3, 0.4) is 0 Å². The maximum absolute atomic E-state index is 13.9. The van der Waals surface area contributed by atoms with Gasteiger partial charge in [-0.25, -0.2) is 22.9 Å². The summed E-state index contributed by atoms with van der Waals surface area (Å²) >= 11 is 0. The Balaban J connectivity index is 1.72. The summed E-state index contributed by atoms with van der Waals surface area (Å²) in [5.41, 5.74) is 1.11. The zero-order valence-electron chi connectivity index (χ0n) is 17.9. The third kappa shape index (κ3) is 5.08. The Morgan fingerprint density at radius 1 is 1.09 bits per heavy atom. The van der Waals surface area contributed by atoms with Gasteiger partial charge in [0, 0.05) is 43.1 Å². The number of amides is 1. The fraction of sp³-hybridized carbons (Fsp3) is 0.292. The van der Waals surface area contributed by atoms with Crippen molar-refractivity contribution < 1.29 is 27.5 Å². The van der Waals surface area contributed by atoms with Crippen molar-refractivity contribution in [1.82, 2.24) is 4.98 Å². The molecule has 1 aliphatic heterocycles. The van der Waals surface area contributed by atoms with Gasteiger partial charge >= 0.3 is 5.97 Å². The van der Waals surface area contributed by atoms with E-state index in [1.165, 1.54) is 31.4 Å². The summed E-state index contributed by atoms with van der Waals surface area (Å²) in [4.78, 5) is 31.2. The van der Waals surface area contributed by atoms with E-state index in [1.54, 1.807) is 29.2 Å². The molecule has 1 saturated heterocycles. The Labute approximate surface area is 188 Å². The van der Waals surface area contributed by atoms with Gasteiger partial charge in [0.15, 0.2) is 0 Å². The van der Waals surface area contributed by atoms with Crippen LogP contribution in [0.5, 0.6) is 0 Å². The third-order valence-electron chi connectivity index (χ3n) is 5.56. The number of nitrogens with one attached hydrogen (secondary N) is 1. The van der Waals surface area contributed by atoms with Crippen LogP contribution < -0.4 is 10.2 Å². The SMILES string of the molecule is COC(=O)c1cccc(NC(=O)c2cc3ccc(F)cc3nc2N2CCCC(F)(F)CC2)c1. The molecule has 3 aromatic rings. The Kier molecular flexibility index (Phi) is 6.22. The number of methoxy groups -OCH3 is 1. The molecule has 0 radical (unpaired) electrons. The summed E-state index contributed by atoms with van der Waals surface area (Å²) in [5, 5.41) is 3.27. The molecule has 1 aromatic heterocycles. The summed E-state index contributed by atoms with van der Waals surface area (Å²) in [6.07, 6.45) is -0.371. The predicted octanol–water partition coefficient (Wildman–Crippen LogP) is 5.04. The van der Waals surface area contributed by atoms with Crippen LogP contribution in [0.1, 0.15) is 40.0 Å². The second-order valence-electron chi connectivity index (χ2n) is 7.92. The molecule has 4 rings (SSSR count). The molecule has 9 heteroatoms. The van der Waals surface area contributed by atoms with Crippen LogP contribution >= 0.6 is 0 Å². The highest BCUT2D eigenvalue weighted by molar-refractivity contribution is 6.10. The Bertz CT molecular complexity index is 1220. The normalized spacial score (nSPS) is 15.7. The first-order chi connectivity index (χ1) is 15.8. The van der Waals surface area contributed by atoms with Crippen molar-refractivity contribution in [3.05, 3.63) is 65.5 Å². The lowest BCUT2D eigenvalue weighted by Gasteiger charge is -2.24. The van der Waals surface area contributed by atoms with E-state index in [-0.39, 0.29) is 42.8 Å². The molecule has 2 aromatic carbocycles. The Morgan fingerprint density at radius 3 is 2.70 bits per heavy atom. The van der Waals surface area contributed by atoms with Crippen molar-refractivity contribution in [3.63, 3.8) is 0 Å². The minimum Gasteiger partial charge on any atom is -0.465 e. The number of benzene rings is 2. The summed E-state index contributed by atoms with van der Waals surface area (Å²) in [5.74, 6) is -4.13. The molecular formula is C24H22F3N3O3. The topological polar surface area (TPSA) is 71.5 Å². The van der Waals surface area contributed by atoms with E-state index in [9.17, 15) is 22.8 Å². The molecule has 33 heavy (non-hydrogen) atoms. The van der Waals surface area contributed by atoms with Crippen LogP contribution in [0, 0.1) is 5.82 Å². The van der Waals surface area contributed by atoms with Gasteiger partial charge < -0.3 is 15.0 Å². The average Bonchev–Trinajstić information content (AvgIpc) is 2.98. The van der Waals surface area contributed by atoms with Crippen LogP contribution in [0.25, 0.3) is 10.9 Å². The predicted molar refractivity (Wildman–Crippen MR) is 118 cm³/mol. The second-order valence-corrected chi connectivity index (χ2v) is 7.92. The standard InChI is InChI=1S/C24H22F3N3O3/c1-33-23(32)16-4-2-5-18(12-16)28-22(31)19-13-15-6-7-17(25)14-20(15)29-21(19)30-10-3-8-24(26,27)9-11-30/h2,4-7,12-14H,3,8-11H2,1H3,(H,28,31). The van der Waals surface area contributed by atoms with Crippen molar-refractivity contribution in [2.45, 2.75) is 25.2 Å². The van der Waals surface area contributed by atoms with Crippen LogP contribution in [-0.2, 0) is 4.74 Å². The minimum atomic E-state index is -2.78. The highest BCUT2D eigenvalue weighted by Crippen LogP contribution is 2.32. The van der Waals surface area contributed by atoms with Crippen LogP contribution in [0.4, 0.5) is 24.7 Å². The molecule has 172 valence electrons. The number of esters is 1. The first-order valence-corrected chi connectivity index (χ1v) is 10.5. The number of alkyl halides is 2. The van der Waals surface area contributed by atoms with Gasteiger partial charge in [-0.2, -0.15) is 0 Å². The molecular weight excluding hydrogens is 435 g/mol. The van der Waals surface area contributed by atoms with Gasteiger partial charge in [0.1, 0.15) is 11.6 Å². The number of aromatic nitrogens is 1. The molecule has 1 fully saturated rings. The lowest BCUT2D eigenvalue weighted by Crippen LogP contribution is -2.29. The van der Waals surface area contributed by atoms with Gasteiger partial charge in [-0.05, 0) is 42.8 Å². The molecule has 0 spiro atoms. The fourth-order valence-corrected chi connectivity index (χ4v) is 3.85. The summed E-state index contributed by atoms with van der Waals surface area (Å²) in [6, 6.07) is 11.8. The van der Waals surface area contributed by atoms with Crippen molar-refractivity contribution in [3.8, 4) is 0 Å². The lowest BCUT2D eigenvalue weighted by atomic mass is 10.1. The fourth-order valence-electron chi connectivity index (χ4n) is 3.85. The zero-order chi connectivity index (χ0) is 23.6. The maximum Gasteiger partial charge on any atom is 0.337 e. The number of carbonyl (C=O) groups is 2. The number of ether oxygens (including phenoxy) is 1. The Morgan fingerprint density at radius 2 is 1.91 bits per heavy atom. The van der Waals surface area contributed by atoms with Crippen molar-refractivity contribution in [2.24, 2.45) is 0 Å². The molecule has 1 amide bonds. The molecule has 1 aliphatic rings. The van der Waals surface area contributed by atoms with Gasteiger partial charge in [-0.1, -0.05) is 6.07 Å². The van der Waals surface area contributed by atoms with Gasteiger partial charge in [0.05, 0.1) is 23.8 Å². The summed E-state index contributed by atoms with van der Waals surface area (Å²) in [6.45, 7) is 0.306. The summed E-state index contributed by atoms with van der Waals surface area (Å²) < 4.78 is 46.3. The molecule has 6 nitrogen and oxygen atoms in total. The molecule has 0 aliphatic carbocycles. The van der Waals surface area contributed by atoms with Gasteiger partial charge in [0.25, 0.3) is 5.91 Å². The van der Waals surface area contributed by atoms with Crippen molar-refractivity contribution in [1.29, 1.82) is 0 Å². The van der Waals surface area contributed by atoms with Gasteiger partial charge in [-0.3, -0.25) is 4.79 Å². The van der Waals surface area contributed by atoms with E-state index in [4.69, 9.17) is 4.74 Å². The highest BCUT2D eigenvalue weighted by Gasteiger charge is 2.33. The first kappa shape index (κ1) is 22.6. The highest BCUT2D eigenvalue weighted by atomic mass is 19.3. The number of hydrogen-bond donors (Lipinski definition) is 1. The van der Waals surface area contributed by atoms with Gasteiger partial charge in [0.2, 0.25) is 5.92 Å². The smallest absolute Gasteiger partial charge is 0.337 e. The lowest BCUT2D eigenvalue weighted by molar-refractivity contribution is -0.0102. The van der Waals surface area contributed by atoms with E-state index in [1.807, 2.05) is 0 Å².